The summed E-state index contributed by atoms with van der Waals surface area (Å²) in [6, 6.07) is 3.86. The van der Waals surface area contributed by atoms with Gasteiger partial charge in [0.1, 0.15) is 11.3 Å². The van der Waals surface area contributed by atoms with Gasteiger partial charge in [0.15, 0.2) is 5.82 Å². The van der Waals surface area contributed by atoms with E-state index in [-0.39, 0.29) is 17.0 Å². The van der Waals surface area contributed by atoms with Gasteiger partial charge in [0.05, 0.1) is 18.0 Å². The molecule has 3 aromatic heterocycles. The molecule has 30 heavy (non-hydrogen) atoms. The number of ether oxygens (including phenoxy) is 1. The number of piperazine rings is 1. The number of rotatable bonds is 5. The Bertz CT molecular complexity index is 1120. The van der Waals surface area contributed by atoms with E-state index < -0.39 is 5.97 Å². The Morgan fingerprint density at radius 3 is 2.80 bits per heavy atom. The molecule has 1 saturated carbocycles. The van der Waals surface area contributed by atoms with Crippen molar-refractivity contribution in [1.29, 1.82) is 0 Å². The van der Waals surface area contributed by atoms with Crippen LogP contribution in [-0.2, 0) is 0 Å². The van der Waals surface area contributed by atoms with Gasteiger partial charge in [-0.25, -0.2) is 9.78 Å². The van der Waals surface area contributed by atoms with Crippen LogP contribution in [0, 0.1) is 6.92 Å². The highest BCUT2D eigenvalue weighted by molar-refractivity contribution is 5.90. The molecule has 10 heteroatoms. The summed E-state index contributed by atoms with van der Waals surface area (Å²) in [6.45, 7) is 6.73. The average molecular weight is 409 g/mol. The lowest BCUT2D eigenvalue weighted by atomic mass is 10.2. The summed E-state index contributed by atoms with van der Waals surface area (Å²) in [5.74, 6) is 0.156. The van der Waals surface area contributed by atoms with Gasteiger partial charge in [-0.15, -0.1) is 10.2 Å². The second-order valence-corrected chi connectivity index (χ2v) is 7.82. The summed E-state index contributed by atoms with van der Waals surface area (Å²) >= 11 is 0. The number of aromatic nitrogens is 5. The van der Waals surface area contributed by atoms with E-state index in [1.807, 2.05) is 19.1 Å². The number of nitrogens with zero attached hydrogens (tertiary/aromatic N) is 6. The number of fused-ring (bicyclic) bond motifs is 1. The molecular weight excluding hydrogens is 386 g/mol. The Labute approximate surface area is 172 Å². The predicted molar refractivity (Wildman–Crippen MR) is 109 cm³/mol. The topological polar surface area (TPSA) is 118 Å². The Balaban J connectivity index is 1.51. The SMILES string of the molecule is CCOc1nc2nc(C)c(-c3ccc(N4CCNC5(CC5)C4)nn3)n2cc1C(=O)O. The van der Waals surface area contributed by atoms with Crippen molar-refractivity contribution in [2.45, 2.75) is 32.2 Å². The van der Waals surface area contributed by atoms with E-state index in [2.05, 4.69) is 30.4 Å². The smallest absolute Gasteiger partial charge is 0.342 e. The maximum Gasteiger partial charge on any atom is 0.342 e. The predicted octanol–water partition coefficient (Wildman–Crippen LogP) is 1.53. The van der Waals surface area contributed by atoms with Crippen LogP contribution < -0.4 is 15.0 Å². The molecular formula is C20H23N7O3. The van der Waals surface area contributed by atoms with Crippen LogP contribution in [0.2, 0.25) is 0 Å². The standard InChI is InChI=1S/C20H23N7O3/c1-3-30-17-13(18(28)29)10-27-16(12(2)22-19(27)23-17)14-4-5-15(25-24-14)26-9-8-21-20(11-26)6-7-20/h4-5,10,21H,3,6-9,11H2,1-2H3,(H,28,29). The molecule has 0 radical (unpaired) electrons. The molecule has 2 fully saturated rings. The summed E-state index contributed by atoms with van der Waals surface area (Å²) in [5, 5.41) is 22.0. The largest absolute Gasteiger partial charge is 0.477 e. The highest BCUT2D eigenvalue weighted by Gasteiger charge is 2.45. The average Bonchev–Trinajstić information content (AvgIpc) is 3.39. The first-order valence-corrected chi connectivity index (χ1v) is 10.1. The number of imidazole rings is 1. The first-order chi connectivity index (χ1) is 14.5. The molecule has 156 valence electrons. The number of aryl methyl sites for hydroxylation is 1. The second-order valence-electron chi connectivity index (χ2n) is 7.82. The second kappa shape index (κ2) is 6.91. The van der Waals surface area contributed by atoms with E-state index in [9.17, 15) is 9.90 Å². The van der Waals surface area contributed by atoms with Crippen LogP contribution in [0.15, 0.2) is 18.3 Å². The van der Waals surface area contributed by atoms with E-state index in [4.69, 9.17) is 4.74 Å². The number of carbonyl (C=O) groups is 1. The molecule has 0 bridgehead atoms. The van der Waals surface area contributed by atoms with Gasteiger partial charge in [-0.2, -0.15) is 4.98 Å². The lowest BCUT2D eigenvalue weighted by molar-refractivity contribution is 0.0691. The maximum atomic E-state index is 11.7. The van der Waals surface area contributed by atoms with E-state index >= 15 is 0 Å². The number of nitrogens with one attached hydrogen (secondary N) is 1. The van der Waals surface area contributed by atoms with E-state index in [0.29, 0.717) is 29.5 Å². The van der Waals surface area contributed by atoms with Gasteiger partial charge in [-0.05, 0) is 38.8 Å². The number of anilines is 1. The van der Waals surface area contributed by atoms with Crippen molar-refractivity contribution in [1.82, 2.24) is 29.9 Å². The summed E-state index contributed by atoms with van der Waals surface area (Å²) in [7, 11) is 0. The van der Waals surface area contributed by atoms with Crippen LogP contribution in [-0.4, -0.2) is 67.4 Å². The number of hydrogen-bond donors (Lipinski definition) is 2. The first-order valence-electron chi connectivity index (χ1n) is 10.1. The van der Waals surface area contributed by atoms with E-state index in [0.717, 1.165) is 25.5 Å². The molecule has 1 aliphatic carbocycles. The molecule has 1 spiro atoms. The fourth-order valence-corrected chi connectivity index (χ4v) is 4.03. The van der Waals surface area contributed by atoms with Gasteiger partial charge in [-0.1, -0.05) is 0 Å². The van der Waals surface area contributed by atoms with Gasteiger partial charge in [0.2, 0.25) is 11.7 Å². The number of hydrogen-bond acceptors (Lipinski definition) is 8. The zero-order chi connectivity index (χ0) is 20.9. The fraction of sp³-hybridized carbons (Fsp3) is 0.450. The molecule has 0 unspecified atom stereocenters. The minimum absolute atomic E-state index is 0.0249. The van der Waals surface area contributed by atoms with Crippen molar-refractivity contribution in [3.63, 3.8) is 0 Å². The third-order valence-corrected chi connectivity index (χ3v) is 5.71. The Morgan fingerprint density at radius 1 is 1.30 bits per heavy atom. The molecule has 0 atom stereocenters. The zero-order valence-electron chi connectivity index (χ0n) is 16.9. The van der Waals surface area contributed by atoms with Crippen LogP contribution >= 0.6 is 0 Å². The number of carboxylic acids is 1. The van der Waals surface area contributed by atoms with Crippen LogP contribution in [0.1, 0.15) is 35.8 Å². The van der Waals surface area contributed by atoms with Crippen LogP contribution in [0.5, 0.6) is 5.88 Å². The highest BCUT2D eigenvalue weighted by atomic mass is 16.5. The minimum atomic E-state index is -1.11. The van der Waals surface area contributed by atoms with E-state index in [1.165, 1.54) is 19.0 Å². The molecule has 2 aliphatic rings. The van der Waals surface area contributed by atoms with Crippen molar-refractivity contribution in [2.75, 3.05) is 31.1 Å². The molecule has 1 saturated heterocycles. The monoisotopic (exact) mass is 409 g/mol. The molecule has 0 amide bonds. The lowest BCUT2D eigenvalue weighted by Gasteiger charge is -2.34. The first kappa shape index (κ1) is 18.7. The molecule has 4 heterocycles. The number of aromatic carboxylic acids is 1. The molecule has 3 aromatic rings. The third-order valence-electron chi connectivity index (χ3n) is 5.71. The van der Waals surface area contributed by atoms with Gasteiger partial charge in [0.25, 0.3) is 0 Å². The van der Waals surface area contributed by atoms with E-state index in [1.54, 1.807) is 11.3 Å². The molecule has 10 nitrogen and oxygen atoms in total. The third kappa shape index (κ3) is 3.13. The van der Waals surface area contributed by atoms with Gasteiger partial charge < -0.3 is 20.1 Å². The van der Waals surface area contributed by atoms with Crippen LogP contribution in [0.3, 0.4) is 0 Å². The summed E-state index contributed by atoms with van der Waals surface area (Å²) in [4.78, 5) is 22.7. The quantitative estimate of drug-likeness (QED) is 0.647. The van der Waals surface area contributed by atoms with Crippen molar-refractivity contribution in [2.24, 2.45) is 0 Å². The van der Waals surface area contributed by atoms with Crippen LogP contribution in [0.4, 0.5) is 5.82 Å². The van der Waals surface area contributed by atoms with Crippen molar-refractivity contribution in [3.8, 4) is 17.3 Å². The van der Waals surface area contributed by atoms with Crippen molar-refractivity contribution in [3.05, 3.63) is 29.6 Å². The highest BCUT2D eigenvalue weighted by Crippen LogP contribution is 2.38. The lowest BCUT2D eigenvalue weighted by Crippen LogP contribution is -2.52. The normalized spacial score (nSPS) is 17.5. The fourth-order valence-electron chi connectivity index (χ4n) is 4.03. The Kier molecular flexibility index (Phi) is 4.31. The zero-order valence-corrected chi connectivity index (χ0v) is 16.9. The molecule has 2 N–H and O–H groups in total. The van der Waals surface area contributed by atoms with Gasteiger partial charge in [-0.3, -0.25) is 4.40 Å². The summed E-state index contributed by atoms with van der Waals surface area (Å²) < 4.78 is 7.02. The molecule has 5 rings (SSSR count). The van der Waals surface area contributed by atoms with Crippen molar-refractivity contribution >= 4 is 17.6 Å². The van der Waals surface area contributed by atoms with Crippen LogP contribution in [0.25, 0.3) is 17.2 Å². The number of carboxylic acid groups (broad SMARTS) is 1. The summed E-state index contributed by atoms with van der Waals surface area (Å²) in [6.07, 6.45) is 3.89. The van der Waals surface area contributed by atoms with Crippen molar-refractivity contribution < 1.29 is 14.6 Å². The Hall–Kier alpha value is -3.27. The molecule has 1 aliphatic heterocycles. The van der Waals surface area contributed by atoms with Gasteiger partial charge >= 0.3 is 5.97 Å². The maximum absolute atomic E-state index is 11.7. The Morgan fingerprint density at radius 2 is 2.13 bits per heavy atom. The van der Waals surface area contributed by atoms with Gasteiger partial charge in [0, 0.05) is 31.4 Å². The molecule has 0 aromatic carbocycles. The minimum Gasteiger partial charge on any atom is -0.477 e. The summed E-state index contributed by atoms with van der Waals surface area (Å²) in [5.41, 5.74) is 2.20.